The Morgan fingerprint density at radius 3 is 2.52 bits per heavy atom. The van der Waals surface area contributed by atoms with Gasteiger partial charge in [-0.05, 0) is 61.4 Å². The number of halogens is 1. The van der Waals surface area contributed by atoms with Crippen LogP contribution < -0.4 is 24.4 Å². The van der Waals surface area contributed by atoms with Gasteiger partial charge in [0, 0.05) is 35.4 Å². The second-order valence-electron chi connectivity index (χ2n) is 10.1. The molecule has 0 radical (unpaired) electrons. The van der Waals surface area contributed by atoms with Crippen LogP contribution in [0.5, 0.6) is 11.5 Å². The van der Waals surface area contributed by atoms with E-state index in [1.165, 1.54) is 41.3 Å². The number of ether oxygens (including phenoxy) is 3. The summed E-state index contributed by atoms with van der Waals surface area (Å²) in [6.45, 7) is 5.18. The molecule has 5 aromatic rings. The Kier molecular flexibility index (Phi) is 8.17. The van der Waals surface area contributed by atoms with Crippen LogP contribution in [-0.2, 0) is 16.1 Å². The molecule has 44 heavy (non-hydrogen) atoms. The summed E-state index contributed by atoms with van der Waals surface area (Å²) in [7, 11) is 1.30. The molecule has 0 aliphatic carbocycles. The van der Waals surface area contributed by atoms with Crippen LogP contribution >= 0.6 is 11.3 Å². The van der Waals surface area contributed by atoms with Gasteiger partial charge in [-0.25, -0.2) is 14.2 Å². The molecule has 1 atom stereocenters. The van der Waals surface area contributed by atoms with E-state index in [0.29, 0.717) is 46.2 Å². The number of hydrogen-bond donors (Lipinski definition) is 0. The second-order valence-corrected chi connectivity index (χ2v) is 11.1. The summed E-state index contributed by atoms with van der Waals surface area (Å²) in [5.74, 6) is 0.231. The van der Waals surface area contributed by atoms with Gasteiger partial charge in [0.25, 0.3) is 5.56 Å². The van der Waals surface area contributed by atoms with Crippen molar-refractivity contribution < 1.29 is 23.4 Å². The minimum Gasteiger partial charge on any atom is -0.490 e. The van der Waals surface area contributed by atoms with E-state index in [9.17, 15) is 14.0 Å². The molecule has 6 rings (SSSR count). The molecule has 10 heteroatoms. The first kappa shape index (κ1) is 29.1. The number of methoxy groups -OCH3 is 1. The maximum atomic E-state index is 14.1. The normalized spacial score (nSPS) is 14.6. The number of benzene rings is 3. The Bertz CT molecular complexity index is 2070. The van der Waals surface area contributed by atoms with E-state index in [2.05, 4.69) is 9.56 Å². The van der Waals surface area contributed by atoms with Crippen molar-refractivity contribution in [2.75, 3.05) is 20.3 Å². The molecule has 1 aliphatic rings. The minimum atomic E-state index is -0.782. The quantitative estimate of drug-likeness (QED) is 0.220. The van der Waals surface area contributed by atoms with Crippen molar-refractivity contribution in [3.05, 3.63) is 127 Å². The highest BCUT2D eigenvalue weighted by Gasteiger charge is 2.31. The SMILES string of the molecule is CCOc1ccc([C@H]2C(C(=O)OC)=CN=c3s/c(=C\c4cn(Cc5ccc(F)cc5)c5ccccc45)c(=O)n32)cc1OCC. The van der Waals surface area contributed by atoms with Gasteiger partial charge in [-0.3, -0.25) is 9.36 Å². The minimum absolute atomic E-state index is 0.231. The van der Waals surface area contributed by atoms with Gasteiger partial charge in [-0.1, -0.05) is 47.7 Å². The van der Waals surface area contributed by atoms with Crippen molar-refractivity contribution in [1.29, 1.82) is 0 Å². The number of carbonyl (C=O) groups excluding carboxylic acids is 1. The molecular weight excluding hydrogens is 581 g/mol. The number of aromatic nitrogens is 2. The highest BCUT2D eigenvalue weighted by Crippen LogP contribution is 2.35. The maximum absolute atomic E-state index is 14.1. The fourth-order valence-corrected chi connectivity index (χ4v) is 6.40. The van der Waals surface area contributed by atoms with E-state index >= 15 is 0 Å². The summed E-state index contributed by atoms with van der Waals surface area (Å²) in [6.07, 6.45) is 5.32. The average Bonchev–Trinajstić information content (AvgIpc) is 3.55. The molecule has 0 fully saturated rings. The Morgan fingerprint density at radius 2 is 1.77 bits per heavy atom. The van der Waals surface area contributed by atoms with Gasteiger partial charge in [0.1, 0.15) is 5.82 Å². The molecule has 3 heterocycles. The standard InChI is InChI=1S/C34H30FN3O5S/c1-4-42-28-15-12-22(16-29(28)43-5-2)31-26(33(40)41-3)18-36-34-38(31)32(39)30(44-34)17-23-20-37(27-9-7-6-8-25(23)27)19-21-10-13-24(35)14-11-21/h6-18,20,31H,4-5,19H2,1-3H3/b30-17-/t31-/m0/s1. The third-order valence-corrected chi connectivity index (χ3v) is 8.38. The van der Waals surface area contributed by atoms with Crippen molar-refractivity contribution >= 4 is 34.3 Å². The van der Waals surface area contributed by atoms with Crippen LogP contribution in [0.4, 0.5) is 4.39 Å². The van der Waals surface area contributed by atoms with E-state index in [1.54, 1.807) is 24.3 Å². The molecule has 0 bridgehead atoms. The third kappa shape index (κ3) is 5.44. The predicted molar refractivity (Wildman–Crippen MR) is 167 cm³/mol. The fourth-order valence-electron chi connectivity index (χ4n) is 5.44. The van der Waals surface area contributed by atoms with Gasteiger partial charge in [0.15, 0.2) is 16.3 Å². The largest absolute Gasteiger partial charge is 0.490 e. The first-order chi connectivity index (χ1) is 21.4. The zero-order valence-electron chi connectivity index (χ0n) is 24.5. The Balaban J connectivity index is 1.48. The van der Waals surface area contributed by atoms with Gasteiger partial charge in [-0.15, -0.1) is 0 Å². The molecule has 0 N–H and O–H groups in total. The third-order valence-electron chi connectivity index (χ3n) is 7.38. The number of fused-ring (bicyclic) bond motifs is 2. The smallest absolute Gasteiger partial charge is 0.337 e. The van der Waals surface area contributed by atoms with Crippen LogP contribution in [0.3, 0.4) is 0 Å². The zero-order chi connectivity index (χ0) is 30.8. The molecule has 0 unspecified atom stereocenters. The predicted octanol–water partition coefficient (Wildman–Crippen LogP) is 4.96. The van der Waals surface area contributed by atoms with Gasteiger partial charge in [0.05, 0.1) is 36.5 Å². The number of carbonyl (C=O) groups is 1. The zero-order valence-corrected chi connectivity index (χ0v) is 25.3. The van der Waals surface area contributed by atoms with Crippen molar-refractivity contribution in [3.8, 4) is 11.5 Å². The van der Waals surface area contributed by atoms with E-state index in [1.807, 2.05) is 56.5 Å². The molecule has 1 aliphatic heterocycles. The number of nitrogens with zero attached hydrogens (tertiary/aromatic N) is 3. The van der Waals surface area contributed by atoms with Crippen LogP contribution in [0.25, 0.3) is 17.0 Å². The lowest BCUT2D eigenvalue weighted by molar-refractivity contribution is -0.136. The summed E-state index contributed by atoms with van der Waals surface area (Å²) in [6, 6.07) is 19.0. The highest BCUT2D eigenvalue weighted by atomic mass is 32.1. The molecule has 8 nitrogen and oxygen atoms in total. The van der Waals surface area contributed by atoms with Gasteiger partial charge < -0.3 is 18.8 Å². The lowest BCUT2D eigenvalue weighted by atomic mass is 9.97. The fraction of sp³-hybridized carbons (Fsp3) is 0.206. The van der Waals surface area contributed by atoms with Crippen LogP contribution in [-0.4, -0.2) is 35.4 Å². The highest BCUT2D eigenvalue weighted by molar-refractivity contribution is 7.07. The van der Waals surface area contributed by atoms with Crippen LogP contribution in [0, 0.1) is 5.82 Å². The Labute approximate surface area is 256 Å². The number of esters is 1. The number of thiazole rings is 1. The van der Waals surface area contributed by atoms with Crippen molar-refractivity contribution in [2.45, 2.75) is 26.4 Å². The number of para-hydroxylation sites is 1. The van der Waals surface area contributed by atoms with E-state index in [0.717, 1.165) is 22.0 Å². The first-order valence-corrected chi connectivity index (χ1v) is 15.0. The molecular formula is C34H30FN3O5S. The summed E-state index contributed by atoms with van der Waals surface area (Å²) in [5, 5.41) is 0.972. The number of rotatable bonds is 9. The van der Waals surface area contributed by atoms with Gasteiger partial charge in [-0.2, -0.15) is 0 Å². The molecule has 0 saturated carbocycles. The van der Waals surface area contributed by atoms with Crippen LogP contribution in [0.15, 0.2) is 94.5 Å². The first-order valence-electron chi connectivity index (χ1n) is 14.2. The van der Waals surface area contributed by atoms with Crippen molar-refractivity contribution in [3.63, 3.8) is 0 Å². The van der Waals surface area contributed by atoms with Crippen LogP contribution in [0.1, 0.15) is 36.6 Å². The van der Waals surface area contributed by atoms with Crippen LogP contribution in [0.2, 0.25) is 0 Å². The second kappa shape index (κ2) is 12.3. The summed E-state index contributed by atoms with van der Waals surface area (Å²) < 4.78 is 34.2. The Hall–Kier alpha value is -4.96. The summed E-state index contributed by atoms with van der Waals surface area (Å²) >= 11 is 1.25. The summed E-state index contributed by atoms with van der Waals surface area (Å²) in [4.78, 5) is 32.0. The molecule has 2 aromatic heterocycles. The molecule has 224 valence electrons. The van der Waals surface area contributed by atoms with E-state index < -0.39 is 12.0 Å². The molecule has 0 spiro atoms. The lowest BCUT2D eigenvalue weighted by Crippen LogP contribution is -2.39. The van der Waals surface area contributed by atoms with Gasteiger partial charge >= 0.3 is 5.97 Å². The van der Waals surface area contributed by atoms with Gasteiger partial charge in [0.2, 0.25) is 0 Å². The monoisotopic (exact) mass is 611 g/mol. The lowest BCUT2D eigenvalue weighted by Gasteiger charge is -2.23. The maximum Gasteiger partial charge on any atom is 0.337 e. The van der Waals surface area contributed by atoms with Crippen molar-refractivity contribution in [2.24, 2.45) is 4.99 Å². The van der Waals surface area contributed by atoms with E-state index in [-0.39, 0.29) is 16.9 Å². The average molecular weight is 612 g/mol. The number of hydrogen-bond acceptors (Lipinski definition) is 7. The Morgan fingerprint density at radius 1 is 1.02 bits per heavy atom. The molecule has 0 saturated heterocycles. The topological polar surface area (TPSA) is 84.0 Å². The van der Waals surface area contributed by atoms with Crippen molar-refractivity contribution in [1.82, 2.24) is 9.13 Å². The molecule has 3 aromatic carbocycles. The van der Waals surface area contributed by atoms with E-state index in [4.69, 9.17) is 14.2 Å². The molecule has 0 amide bonds. The summed E-state index contributed by atoms with van der Waals surface area (Å²) in [5.41, 5.74) is 3.41.